The van der Waals surface area contributed by atoms with Crippen LogP contribution in [0.1, 0.15) is 22.8 Å². The molecule has 0 saturated heterocycles. The second kappa shape index (κ2) is 9.84. The normalized spacial score (nSPS) is 11.4. The number of esters is 1. The van der Waals surface area contributed by atoms with Gasteiger partial charge in [0.15, 0.2) is 0 Å². The van der Waals surface area contributed by atoms with Crippen LogP contribution in [-0.2, 0) is 26.1 Å². The zero-order valence-corrected chi connectivity index (χ0v) is 19.0. The number of fused-ring (bicyclic) bond motifs is 1. The molecule has 0 fully saturated rings. The molecular formula is C22H22N2O8S. The minimum absolute atomic E-state index is 0.0469. The molecule has 174 valence electrons. The first kappa shape index (κ1) is 24.0. The molecule has 2 aromatic carbocycles. The van der Waals surface area contributed by atoms with E-state index < -0.39 is 27.7 Å². The summed E-state index contributed by atoms with van der Waals surface area (Å²) >= 11 is 0. The molecule has 33 heavy (non-hydrogen) atoms. The third kappa shape index (κ3) is 5.57. The second-order valence-corrected chi connectivity index (χ2v) is 9.19. The number of amides is 1. The molecule has 0 aliphatic carbocycles. The molecule has 1 N–H and O–H groups in total. The summed E-state index contributed by atoms with van der Waals surface area (Å²) in [5, 5.41) is 3.01. The van der Waals surface area contributed by atoms with E-state index in [2.05, 4.69) is 5.32 Å². The summed E-state index contributed by atoms with van der Waals surface area (Å²) < 4.78 is 41.0. The lowest BCUT2D eigenvalue weighted by Crippen LogP contribution is -2.22. The predicted octanol–water partition coefficient (Wildman–Crippen LogP) is 2.97. The molecule has 10 nitrogen and oxygen atoms in total. The summed E-state index contributed by atoms with van der Waals surface area (Å²) in [6, 6.07) is 11.3. The van der Waals surface area contributed by atoms with E-state index in [0.717, 1.165) is 4.31 Å². The molecule has 0 aliphatic heterocycles. The Morgan fingerprint density at radius 2 is 1.82 bits per heavy atom. The fraction of sp³-hybridized carbons (Fsp3) is 0.227. The molecule has 3 rings (SSSR count). The van der Waals surface area contributed by atoms with Crippen LogP contribution >= 0.6 is 0 Å². The van der Waals surface area contributed by atoms with E-state index in [4.69, 9.17) is 13.9 Å². The summed E-state index contributed by atoms with van der Waals surface area (Å²) in [6.45, 7) is 1.62. The number of rotatable bonds is 7. The van der Waals surface area contributed by atoms with Crippen molar-refractivity contribution in [3.8, 4) is 0 Å². The molecule has 0 bridgehead atoms. The van der Waals surface area contributed by atoms with Crippen molar-refractivity contribution in [1.82, 2.24) is 4.31 Å². The average Bonchev–Trinajstić information content (AvgIpc) is 2.77. The van der Waals surface area contributed by atoms with E-state index in [-0.39, 0.29) is 29.3 Å². The van der Waals surface area contributed by atoms with E-state index in [0.29, 0.717) is 16.6 Å². The van der Waals surface area contributed by atoms with Gasteiger partial charge in [0.1, 0.15) is 12.2 Å². The minimum Gasteiger partial charge on any atom is -0.457 e. The van der Waals surface area contributed by atoms with E-state index >= 15 is 0 Å². The molecule has 11 heteroatoms. The fourth-order valence-electron chi connectivity index (χ4n) is 2.93. The van der Waals surface area contributed by atoms with Crippen molar-refractivity contribution in [3.05, 3.63) is 70.1 Å². The number of carbonyl (C=O) groups excluding carboxylic acids is 2. The summed E-state index contributed by atoms with van der Waals surface area (Å²) in [5.41, 5.74) is 0.306. The molecule has 1 amide bonds. The highest BCUT2D eigenvalue weighted by atomic mass is 32.2. The fourth-order valence-corrected chi connectivity index (χ4v) is 3.88. The van der Waals surface area contributed by atoms with Gasteiger partial charge in [-0.1, -0.05) is 6.07 Å². The van der Waals surface area contributed by atoms with Crippen LogP contribution in [0.25, 0.3) is 11.0 Å². The lowest BCUT2D eigenvalue weighted by Gasteiger charge is -2.12. The number of sulfonamides is 1. The van der Waals surface area contributed by atoms with Gasteiger partial charge in [-0.25, -0.2) is 27.1 Å². The Hall–Kier alpha value is -3.70. The Bertz CT molecular complexity index is 1360. The highest BCUT2D eigenvalue weighted by Crippen LogP contribution is 2.23. The summed E-state index contributed by atoms with van der Waals surface area (Å²) in [4.78, 5) is 36.1. The number of hydrogen-bond donors (Lipinski definition) is 1. The Labute approximate surface area is 189 Å². The number of nitrogens with zero attached hydrogens (tertiary/aromatic N) is 1. The van der Waals surface area contributed by atoms with Crippen LogP contribution in [0.15, 0.2) is 62.6 Å². The number of carbonyl (C=O) groups is 2. The van der Waals surface area contributed by atoms with Crippen LogP contribution in [0, 0.1) is 0 Å². The first-order valence-corrected chi connectivity index (χ1v) is 11.3. The minimum atomic E-state index is -3.72. The largest absolute Gasteiger partial charge is 0.457 e. The van der Waals surface area contributed by atoms with Crippen molar-refractivity contribution in [1.29, 1.82) is 0 Å². The molecule has 1 aromatic heterocycles. The van der Waals surface area contributed by atoms with Crippen molar-refractivity contribution in [2.45, 2.75) is 18.4 Å². The highest BCUT2D eigenvalue weighted by molar-refractivity contribution is 7.89. The average molecular weight is 474 g/mol. The van der Waals surface area contributed by atoms with Gasteiger partial charge in [0.05, 0.1) is 17.1 Å². The Morgan fingerprint density at radius 3 is 2.52 bits per heavy atom. The lowest BCUT2D eigenvalue weighted by atomic mass is 10.1. The molecule has 3 aromatic rings. The monoisotopic (exact) mass is 474 g/mol. The van der Waals surface area contributed by atoms with Gasteiger partial charge in [0.2, 0.25) is 10.0 Å². The van der Waals surface area contributed by atoms with Crippen molar-refractivity contribution >= 4 is 38.7 Å². The maximum atomic E-state index is 12.5. The van der Waals surface area contributed by atoms with Crippen LogP contribution in [0.5, 0.6) is 0 Å². The summed E-state index contributed by atoms with van der Waals surface area (Å²) in [6.07, 6.45) is -0.650. The molecule has 0 spiro atoms. The molecule has 0 saturated carbocycles. The van der Waals surface area contributed by atoms with E-state index in [1.54, 1.807) is 19.1 Å². The predicted molar refractivity (Wildman–Crippen MR) is 120 cm³/mol. The number of hydrogen-bond acceptors (Lipinski definition) is 8. The van der Waals surface area contributed by atoms with Crippen LogP contribution in [-0.4, -0.2) is 45.5 Å². The van der Waals surface area contributed by atoms with Gasteiger partial charge in [0, 0.05) is 42.9 Å². The molecule has 0 unspecified atom stereocenters. The topological polar surface area (TPSA) is 132 Å². The van der Waals surface area contributed by atoms with Crippen molar-refractivity contribution in [2.75, 3.05) is 26.0 Å². The van der Waals surface area contributed by atoms with Crippen molar-refractivity contribution in [2.24, 2.45) is 0 Å². The van der Waals surface area contributed by atoms with Crippen molar-refractivity contribution in [3.63, 3.8) is 0 Å². The first-order chi connectivity index (χ1) is 15.6. The van der Waals surface area contributed by atoms with Crippen LogP contribution in [0.4, 0.5) is 10.5 Å². The Balaban J connectivity index is 1.82. The van der Waals surface area contributed by atoms with Gasteiger partial charge in [-0.05, 0) is 37.3 Å². The maximum absolute atomic E-state index is 12.5. The Kier molecular flexibility index (Phi) is 7.14. The summed E-state index contributed by atoms with van der Waals surface area (Å²) in [7, 11) is -0.940. The number of anilines is 1. The summed E-state index contributed by atoms with van der Waals surface area (Å²) in [5.74, 6) is -0.757. The van der Waals surface area contributed by atoms with Crippen LogP contribution in [0.3, 0.4) is 0 Å². The standard InChI is InChI=1S/C22H22N2O8S/c1-4-30-22(27)23-16-8-9-18-15(11-20(25)32-19(18)12-16)13-31-21(26)14-6-5-7-17(10-14)33(28,29)24(2)3/h5-12H,4,13H2,1-3H3,(H,23,27). The molecule has 0 atom stereocenters. The third-order valence-electron chi connectivity index (χ3n) is 4.56. The zero-order chi connectivity index (χ0) is 24.2. The molecule has 0 radical (unpaired) electrons. The first-order valence-electron chi connectivity index (χ1n) is 9.82. The van der Waals surface area contributed by atoms with Gasteiger partial charge >= 0.3 is 17.7 Å². The third-order valence-corrected chi connectivity index (χ3v) is 6.37. The van der Waals surface area contributed by atoms with Gasteiger partial charge < -0.3 is 13.9 Å². The second-order valence-electron chi connectivity index (χ2n) is 7.04. The lowest BCUT2D eigenvalue weighted by molar-refractivity contribution is 0.0473. The molecular weight excluding hydrogens is 452 g/mol. The van der Waals surface area contributed by atoms with E-state index in [1.165, 1.54) is 50.5 Å². The Morgan fingerprint density at radius 1 is 1.06 bits per heavy atom. The van der Waals surface area contributed by atoms with Gasteiger partial charge in [0.25, 0.3) is 0 Å². The van der Waals surface area contributed by atoms with E-state index in [9.17, 15) is 22.8 Å². The SMILES string of the molecule is CCOC(=O)Nc1ccc2c(COC(=O)c3cccc(S(=O)(=O)N(C)C)c3)cc(=O)oc2c1. The van der Waals surface area contributed by atoms with Gasteiger partial charge in [-0.3, -0.25) is 5.32 Å². The van der Waals surface area contributed by atoms with Crippen molar-refractivity contribution < 1.29 is 31.9 Å². The number of nitrogens with one attached hydrogen (secondary N) is 1. The number of benzene rings is 2. The zero-order valence-electron chi connectivity index (χ0n) is 18.2. The van der Waals surface area contributed by atoms with Gasteiger partial charge in [-0.15, -0.1) is 0 Å². The molecule has 0 aliphatic rings. The van der Waals surface area contributed by atoms with Crippen LogP contribution in [0.2, 0.25) is 0 Å². The highest BCUT2D eigenvalue weighted by Gasteiger charge is 2.19. The quantitative estimate of drug-likeness (QED) is 0.408. The number of ether oxygens (including phenoxy) is 2. The smallest absolute Gasteiger partial charge is 0.411 e. The van der Waals surface area contributed by atoms with Gasteiger partial charge in [-0.2, -0.15) is 0 Å². The van der Waals surface area contributed by atoms with Crippen LogP contribution < -0.4 is 10.9 Å². The maximum Gasteiger partial charge on any atom is 0.411 e. The molecule has 1 heterocycles. The van der Waals surface area contributed by atoms with E-state index in [1.807, 2.05) is 0 Å².